The van der Waals surface area contributed by atoms with Crippen LogP contribution < -0.4 is 19.6 Å². The summed E-state index contributed by atoms with van der Waals surface area (Å²) in [5.41, 5.74) is 4.16. The molecule has 0 fully saturated rings. The lowest BCUT2D eigenvalue weighted by atomic mass is 10.1. The number of benzene rings is 2. The Kier molecular flexibility index (Phi) is 6.54. The van der Waals surface area contributed by atoms with Gasteiger partial charge in [0.25, 0.3) is 11.6 Å². The van der Waals surface area contributed by atoms with Crippen molar-refractivity contribution in [2.24, 2.45) is 5.10 Å². The number of hydrogen-bond acceptors (Lipinski definition) is 7. The Morgan fingerprint density at radius 2 is 1.64 bits per heavy atom. The molecule has 0 spiro atoms. The summed E-state index contributed by atoms with van der Waals surface area (Å²) >= 11 is 0. The van der Waals surface area contributed by atoms with Crippen LogP contribution in [0.4, 0.5) is 5.69 Å². The number of ether oxygens (including phenoxy) is 3. The second-order valence-corrected chi connectivity index (χ2v) is 5.81. The van der Waals surface area contributed by atoms with Gasteiger partial charge in [-0.3, -0.25) is 14.9 Å². The van der Waals surface area contributed by atoms with Crippen LogP contribution in [0.3, 0.4) is 0 Å². The minimum Gasteiger partial charge on any atom is -0.493 e. The summed E-state index contributed by atoms with van der Waals surface area (Å²) in [4.78, 5) is 23.1. The highest BCUT2D eigenvalue weighted by Gasteiger charge is 2.17. The normalized spacial score (nSPS) is 11.0. The topological polar surface area (TPSA) is 112 Å². The van der Waals surface area contributed by atoms with Gasteiger partial charge in [-0.05, 0) is 26.0 Å². The molecule has 0 bridgehead atoms. The average Bonchev–Trinajstić information content (AvgIpc) is 2.70. The zero-order valence-corrected chi connectivity index (χ0v) is 16.2. The molecule has 0 aliphatic rings. The Balaban J connectivity index is 2.28. The van der Waals surface area contributed by atoms with Gasteiger partial charge in [0.05, 0.1) is 32.0 Å². The minimum absolute atomic E-state index is 0.0111. The van der Waals surface area contributed by atoms with Crippen molar-refractivity contribution in [3.8, 4) is 17.2 Å². The zero-order valence-electron chi connectivity index (χ0n) is 16.2. The van der Waals surface area contributed by atoms with Crippen LogP contribution in [0.5, 0.6) is 17.2 Å². The van der Waals surface area contributed by atoms with E-state index in [0.29, 0.717) is 34.1 Å². The summed E-state index contributed by atoms with van der Waals surface area (Å²) in [6.07, 6.45) is 0. The van der Waals surface area contributed by atoms with Gasteiger partial charge >= 0.3 is 0 Å². The highest BCUT2D eigenvalue weighted by Crippen LogP contribution is 2.38. The number of amides is 1. The summed E-state index contributed by atoms with van der Waals surface area (Å²) < 4.78 is 15.7. The number of aryl methyl sites for hydroxylation is 1. The number of nitrogens with one attached hydrogen (secondary N) is 1. The molecule has 0 atom stereocenters. The van der Waals surface area contributed by atoms with E-state index >= 15 is 0 Å². The lowest BCUT2D eigenvalue weighted by Crippen LogP contribution is -2.19. The molecule has 0 saturated heterocycles. The molecule has 0 aromatic heterocycles. The number of nitrogens with zero attached hydrogens (tertiary/aromatic N) is 2. The van der Waals surface area contributed by atoms with E-state index in [1.54, 1.807) is 26.0 Å². The van der Waals surface area contributed by atoms with E-state index in [0.717, 1.165) is 0 Å². The van der Waals surface area contributed by atoms with E-state index in [1.165, 1.54) is 39.5 Å². The SMILES string of the molecule is COc1cc(C(=O)N/N=C(/C)c2ccc(C)c([N+](=O)[O-])c2)cc(OC)c1OC. The lowest BCUT2D eigenvalue weighted by Gasteiger charge is -2.13. The molecule has 0 heterocycles. The van der Waals surface area contributed by atoms with Gasteiger partial charge in [0.2, 0.25) is 5.75 Å². The summed E-state index contributed by atoms with van der Waals surface area (Å²) in [5.74, 6) is 0.539. The largest absolute Gasteiger partial charge is 0.493 e. The predicted molar refractivity (Wildman–Crippen MR) is 104 cm³/mol. The quantitative estimate of drug-likeness (QED) is 0.444. The number of rotatable bonds is 7. The molecule has 1 amide bonds. The van der Waals surface area contributed by atoms with E-state index in [-0.39, 0.29) is 11.3 Å². The van der Waals surface area contributed by atoms with Crippen molar-refractivity contribution >= 4 is 17.3 Å². The van der Waals surface area contributed by atoms with Crippen LogP contribution in [0.2, 0.25) is 0 Å². The number of carbonyl (C=O) groups is 1. The second kappa shape index (κ2) is 8.85. The molecule has 0 saturated carbocycles. The fraction of sp³-hybridized carbons (Fsp3) is 0.263. The molecule has 1 N–H and O–H groups in total. The molecule has 0 aliphatic heterocycles. The first-order chi connectivity index (χ1) is 13.3. The maximum absolute atomic E-state index is 12.5. The number of hydrazone groups is 1. The number of nitro groups is 1. The Hall–Kier alpha value is -3.62. The van der Waals surface area contributed by atoms with Crippen molar-refractivity contribution in [3.63, 3.8) is 0 Å². The maximum Gasteiger partial charge on any atom is 0.272 e. The smallest absolute Gasteiger partial charge is 0.272 e. The molecule has 9 heteroatoms. The van der Waals surface area contributed by atoms with Gasteiger partial charge in [-0.1, -0.05) is 12.1 Å². The highest BCUT2D eigenvalue weighted by atomic mass is 16.6. The average molecular weight is 387 g/mol. The highest BCUT2D eigenvalue weighted by molar-refractivity contribution is 6.01. The fourth-order valence-electron chi connectivity index (χ4n) is 2.51. The van der Waals surface area contributed by atoms with Crippen LogP contribution >= 0.6 is 0 Å². The molecule has 0 unspecified atom stereocenters. The first-order valence-corrected chi connectivity index (χ1v) is 8.22. The third-order valence-electron chi connectivity index (χ3n) is 4.08. The van der Waals surface area contributed by atoms with E-state index < -0.39 is 10.8 Å². The molecule has 2 aromatic carbocycles. The molecule has 148 valence electrons. The van der Waals surface area contributed by atoms with E-state index in [4.69, 9.17) is 14.2 Å². The lowest BCUT2D eigenvalue weighted by molar-refractivity contribution is -0.385. The van der Waals surface area contributed by atoms with E-state index in [1.807, 2.05) is 0 Å². The molecule has 9 nitrogen and oxygen atoms in total. The predicted octanol–water partition coefficient (Wildman–Crippen LogP) is 3.08. The molecule has 2 aromatic rings. The van der Waals surface area contributed by atoms with E-state index in [2.05, 4.69) is 10.5 Å². The van der Waals surface area contributed by atoms with Crippen LogP contribution in [0, 0.1) is 17.0 Å². The fourth-order valence-corrected chi connectivity index (χ4v) is 2.51. The third kappa shape index (κ3) is 4.37. The van der Waals surface area contributed by atoms with Crippen molar-refractivity contribution < 1.29 is 23.9 Å². The second-order valence-electron chi connectivity index (χ2n) is 5.81. The number of hydrogen-bond donors (Lipinski definition) is 1. The summed E-state index contributed by atoms with van der Waals surface area (Å²) in [7, 11) is 4.37. The minimum atomic E-state index is -0.500. The van der Waals surface area contributed by atoms with Crippen LogP contribution in [0.1, 0.15) is 28.4 Å². The molecule has 0 aliphatic carbocycles. The standard InChI is InChI=1S/C19H21N3O6/c1-11-6-7-13(8-15(11)22(24)25)12(2)20-21-19(23)14-9-16(26-3)18(28-5)17(10-14)27-4/h6-10H,1-5H3,(H,21,23)/b20-12-. The van der Waals surface area contributed by atoms with Gasteiger partial charge < -0.3 is 14.2 Å². The van der Waals surface area contributed by atoms with Gasteiger partial charge in [0, 0.05) is 22.8 Å². The Morgan fingerprint density at radius 3 is 2.14 bits per heavy atom. The van der Waals surface area contributed by atoms with Gasteiger partial charge in [0.15, 0.2) is 11.5 Å². The molecular weight excluding hydrogens is 366 g/mol. The van der Waals surface area contributed by atoms with Crippen molar-refractivity contribution in [1.82, 2.24) is 5.43 Å². The summed E-state index contributed by atoms with van der Waals surface area (Å²) in [6, 6.07) is 7.75. The third-order valence-corrected chi connectivity index (χ3v) is 4.08. The number of nitro benzene ring substituents is 1. The van der Waals surface area contributed by atoms with Gasteiger partial charge in [-0.25, -0.2) is 5.43 Å². The van der Waals surface area contributed by atoms with Crippen LogP contribution in [-0.4, -0.2) is 37.9 Å². The maximum atomic E-state index is 12.5. The zero-order chi connectivity index (χ0) is 20.8. The van der Waals surface area contributed by atoms with Crippen molar-refractivity contribution in [2.45, 2.75) is 13.8 Å². The Bertz CT molecular complexity index is 914. The molecular formula is C19H21N3O6. The Morgan fingerprint density at radius 1 is 1.04 bits per heavy atom. The number of carbonyl (C=O) groups excluding carboxylic acids is 1. The van der Waals surface area contributed by atoms with Gasteiger partial charge in [0.1, 0.15) is 0 Å². The van der Waals surface area contributed by atoms with Crippen LogP contribution in [-0.2, 0) is 0 Å². The molecule has 2 rings (SSSR count). The monoisotopic (exact) mass is 387 g/mol. The van der Waals surface area contributed by atoms with Gasteiger partial charge in [-0.15, -0.1) is 0 Å². The summed E-state index contributed by atoms with van der Waals surface area (Å²) in [6.45, 7) is 3.30. The van der Waals surface area contributed by atoms with Gasteiger partial charge in [-0.2, -0.15) is 5.10 Å². The first-order valence-electron chi connectivity index (χ1n) is 8.22. The Labute approximate surface area is 162 Å². The molecule has 0 radical (unpaired) electrons. The van der Waals surface area contributed by atoms with Crippen molar-refractivity contribution in [2.75, 3.05) is 21.3 Å². The molecule has 28 heavy (non-hydrogen) atoms. The van der Waals surface area contributed by atoms with Crippen molar-refractivity contribution in [3.05, 3.63) is 57.1 Å². The first kappa shape index (κ1) is 20.7. The van der Waals surface area contributed by atoms with E-state index in [9.17, 15) is 14.9 Å². The van der Waals surface area contributed by atoms with Crippen molar-refractivity contribution in [1.29, 1.82) is 0 Å². The van der Waals surface area contributed by atoms with Crippen LogP contribution in [0.25, 0.3) is 0 Å². The summed E-state index contributed by atoms with van der Waals surface area (Å²) in [5, 5.41) is 15.1. The number of methoxy groups -OCH3 is 3. The van der Waals surface area contributed by atoms with Crippen LogP contribution in [0.15, 0.2) is 35.4 Å².